The molecule has 0 aliphatic heterocycles. The van der Waals surface area contributed by atoms with E-state index in [9.17, 15) is 10.2 Å². The van der Waals surface area contributed by atoms with Crippen molar-refractivity contribution in [1.29, 1.82) is 0 Å². The van der Waals surface area contributed by atoms with Crippen LogP contribution in [0.2, 0.25) is 0 Å². The normalized spacial score (nSPS) is 13.0. The number of aromatic hydroxyl groups is 2. The fourth-order valence-corrected chi connectivity index (χ4v) is 1.28. The Kier molecular flexibility index (Phi) is 4.58. The molecule has 1 rings (SSSR count). The van der Waals surface area contributed by atoms with Crippen LogP contribution in [-0.4, -0.2) is 28.0 Å². The second-order valence-corrected chi connectivity index (χ2v) is 4.27. The monoisotopic (exact) mass is 225 g/mol. The molecule has 1 unspecified atom stereocenters. The van der Waals surface area contributed by atoms with Crippen molar-refractivity contribution in [1.82, 2.24) is 5.32 Å². The molecule has 0 saturated heterocycles. The van der Waals surface area contributed by atoms with Crippen LogP contribution in [0.4, 0.5) is 0 Å². The molecule has 0 aromatic heterocycles. The van der Waals surface area contributed by atoms with Crippen molar-refractivity contribution in [2.45, 2.75) is 26.5 Å². The van der Waals surface area contributed by atoms with Crippen LogP contribution in [-0.2, 0) is 6.54 Å². The number of aliphatic hydroxyl groups is 1. The second kappa shape index (κ2) is 5.72. The largest absolute Gasteiger partial charge is 0.504 e. The summed E-state index contributed by atoms with van der Waals surface area (Å²) in [4.78, 5) is 0. The Hall–Kier alpha value is -1.26. The summed E-state index contributed by atoms with van der Waals surface area (Å²) in [5.41, 5.74) is 0.867. The van der Waals surface area contributed by atoms with Gasteiger partial charge in [-0.2, -0.15) is 0 Å². The molecule has 1 aromatic carbocycles. The molecule has 4 N–H and O–H groups in total. The second-order valence-electron chi connectivity index (χ2n) is 4.27. The zero-order valence-electron chi connectivity index (χ0n) is 9.64. The van der Waals surface area contributed by atoms with E-state index in [4.69, 9.17) is 5.11 Å². The molecule has 90 valence electrons. The first-order valence-electron chi connectivity index (χ1n) is 5.40. The van der Waals surface area contributed by atoms with E-state index in [0.29, 0.717) is 13.1 Å². The van der Waals surface area contributed by atoms with Gasteiger partial charge in [0, 0.05) is 13.1 Å². The molecule has 0 heterocycles. The molecule has 0 aliphatic rings. The molecule has 0 bridgehead atoms. The summed E-state index contributed by atoms with van der Waals surface area (Å²) >= 11 is 0. The molecule has 0 spiro atoms. The number of aliphatic hydroxyl groups excluding tert-OH is 1. The number of phenolic OH excluding ortho intramolecular Hbond substituents is 2. The van der Waals surface area contributed by atoms with Gasteiger partial charge in [0.25, 0.3) is 0 Å². The molecule has 0 aliphatic carbocycles. The first kappa shape index (κ1) is 12.8. The highest BCUT2D eigenvalue weighted by atomic mass is 16.3. The predicted molar refractivity (Wildman–Crippen MR) is 62.3 cm³/mol. The molecule has 16 heavy (non-hydrogen) atoms. The molecule has 4 nitrogen and oxygen atoms in total. The fourth-order valence-electron chi connectivity index (χ4n) is 1.28. The van der Waals surface area contributed by atoms with E-state index >= 15 is 0 Å². The van der Waals surface area contributed by atoms with Crippen molar-refractivity contribution in [2.24, 2.45) is 5.92 Å². The smallest absolute Gasteiger partial charge is 0.157 e. The van der Waals surface area contributed by atoms with Gasteiger partial charge < -0.3 is 20.6 Å². The molecule has 1 aromatic rings. The Bertz CT molecular complexity index is 339. The lowest BCUT2D eigenvalue weighted by Crippen LogP contribution is -2.30. The summed E-state index contributed by atoms with van der Waals surface area (Å²) in [6, 6.07) is 4.68. The lowest BCUT2D eigenvalue weighted by molar-refractivity contribution is 0.123. The number of hydrogen-bond acceptors (Lipinski definition) is 4. The Balaban J connectivity index is 2.40. The molecule has 1 atom stereocenters. The van der Waals surface area contributed by atoms with Crippen molar-refractivity contribution in [3.63, 3.8) is 0 Å². The van der Waals surface area contributed by atoms with Gasteiger partial charge in [0.1, 0.15) is 0 Å². The summed E-state index contributed by atoms with van der Waals surface area (Å²) in [5.74, 6) is -0.0182. The highest BCUT2D eigenvalue weighted by Crippen LogP contribution is 2.24. The molecule has 0 radical (unpaired) electrons. The van der Waals surface area contributed by atoms with E-state index in [0.717, 1.165) is 5.56 Å². The zero-order chi connectivity index (χ0) is 12.1. The van der Waals surface area contributed by atoms with E-state index in [1.54, 1.807) is 6.07 Å². The van der Waals surface area contributed by atoms with Gasteiger partial charge in [-0.25, -0.2) is 0 Å². The number of rotatable bonds is 5. The summed E-state index contributed by atoms with van der Waals surface area (Å²) < 4.78 is 0. The topological polar surface area (TPSA) is 72.7 Å². The molecule has 4 heteroatoms. The third-order valence-corrected chi connectivity index (χ3v) is 2.49. The number of phenols is 2. The van der Waals surface area contributed by atoms with Crippen LogP contribution in [0, 0.1) is 5.92 Å². The average molecular weight is 225 g/mol. The van der Waals surface area contributed by atoms with Gasteiger partial charge in [0.15, 0.2) is 11.5 Å². The van der Waals surface area contributed by atoms with Crippen LogP contribution in [0.1, 0.15) is 19.4 Å². The minimum atomic E-state index is -0.370. The van der Waals surface area contributed by atoms with Crippen LogP contribution in [0.3, 0.4) is 0 Å². The third kappa shape index (κ3) is 3.72. The van der Waals surface area contributed by atoms with Crippen molar-refractivity contribution in [3.05, 3.63) is 23.8 Å². The molecular weight excluding hydrogens is 206 g/mol. The first-order valence-corrected chi connectivity index (χ1v) is 5.40. The number of hydrogen-bond donors (Lipinski definition) is 4. The summed E-state index contributed by atoms with van der Waals surface area (Å²) in [6.07, 6.45) is -0.370. The van der Waals surface area contributed by atoms with Crippen molar-refractivity contribution in [2.75, 3.05) is 6.54 Å². The van der Waals surface area contributed by atoms with Gasteiger partial charge in [-0.05, 0) is 23.6 Å². The van der Waals surface area contributed by atoms with Gasteiger partial charge in [0.2, 0.25) is 0 Å². The summed E-state index contributed by atoms with van der Waals surface area (Å²) in [5, 5.41) is 31.0. The van der Waals surface area contributed by atoms with Crippen LogP contribution in [0.25, 0.3) is 0 Å². The predicted octanol–water partition coefficient (Wildman–Crippen LogP) is 1.20. The SMILES string of the molecule is CC(C)C(O)CNCc1ccc(O)c(O)c1. The minimum Gasteiger partial charge on any atom is -0.504 e. The number of nitrogens with one attached hydrogen (secondary N) is 1. The van der Waals surface area contributed by atoms with Gasteiger partial charge in [0.05, 0.1) is 6.10 Å². The van der Waals surface area contributed by atoms with Gasteiger partial charge >= 0.3 is 0 Å². The van der Waals surface area contributed by atoms with E-state index < -0.39 is 0 Å². The Morgan fingerprint density at radius 2 is 1.88 bits per heavy atom. The van der Waals surface area contributed by atoms with Crippen LogP contribution in [0.5, 0.6) is 11.5 Å². The molecule has 0 saturated carbocycles. The van der Waals surface area contributed by atoms with Crippen molar-refractivity contribution in [3.8, 4) is 11.5 Å². The fraction of sp³-hybridized carbons (Fsp3) is 0.500. The minimum absolute atomic E-state index is 0.119. The van der Waals surface area contributed by atoms with E-state index in [1.807, 2.05) is 13.8 Å². The number of benzene rings is 1. The van der Waals surface area contributed by atoms with Gasteiger partial charge in [-0.1, -0.05) is 19.9 Å². The maximum atomic E-state index is 9.55. The summed E-state index contributed by atoms with van der Waals surface area (Å²) in [6.45, 7) is 4.98. The van der Waals surface area contributed by atoms with Crippen LogP contribution >= 0.6 is 0 Å². The first-order chi connectivity index (χ1) is 7.50. The Morgan fingerprint density at radius 1 is 1.19 bits per heavy atom. The highest BCUT2D eigenvalue weighted by molar-refractivity contribution is 5.40. The van der Waals surface area contributed by atoms with Gasteiger partial charge in [-0.15, -0.1) is 0 Å². The standard InChI is InChI=1S/C12H19NO3/c1-8(2)12(16)7-13-6-9-3-4-10(14)11(15)5-9/h3-5,8,12-16H,6-7H2,1-2H3. The van der Waals surface area contributed by atoms with E-state index in [2.05, 4.69) is 5.32 Å². The average Bonchev–Trinajstić information content (AvgIpc) is 2.23. The van der Waals surface area contributed by atoms with Crippen molar-refractivity contribution < 1.29 is 15.3 Å². The van der Waals surface area contributed by atoms with Crippen LogP contribution in [0.15, 0.2) is 18.2 Å². The molecule has 0 fully saturated rings. The quantitative estimate of drug-likeness (QED) is 0.568. The zero-order valence-corrected chi connectivity index (χ0v) is 9.64. The van der Waals surface area contributed by atoms with Gasteiger partial charge in [-0.3, -0.25) is 0 Å². The van der Waals surface area contributed by atoms with E-state index in [1.165, 1.54) is 12.1 Å². The van der Waals surface area contributed by atoms with E-state index in [-0.39, 0.29) is 23.5 Å². The maximum absolute atomic E-state index is 9.55. The lowest BCUT2D eigenvalue weighted by Gasteiger charge is -2.15. The lowest BCUT2D eigenvalue weighted by atomic mass is 10.1. The molecular formula is C12H19NO3. The third-order valence-electron chi connectivity index (χ3n) is 2.49. The van der Waals surface area contributed by atoms with Crippen LogP contribution < -0.4 is 5.32 Å². The highest BCUT2D eigenvalue weighted by Gasteiger charge is 2.08. The maximum Gasteiger partial charge on any atom is 0.157 e. The summed E-state index contributed by atoms with van der Waals surface area (Å²) in [7, 11) is 0. The Labute approximate surface area is 95.6 Å². The Morgan fingerprint density at radius 3 is 2.44 bits per heavy atom. The molecule has 0 amide bonds. The van der Waals surface area contributed by atoms with Crippen molar-refractivity contribution >= 4 is 0 Å².